The van der Waals surface area contributed by atoms with E-state index in [9.17, 15) is 9.59 Å². The van der Waals surface area contributed by atoms with Gasteiger partial charge in [0, 0.05) is 11.6 Å². The number of rotatable bonds is 8. The molecule has 0 saturated heterocycles. The number of carboxylic acids is 1. The average molecular weight is 242 g/mol. The van der Waals surface area contributed by atoms with Crippen molar-refractivity contribution in [3.63, 3.8) is 0 Å². The van der Waals surface area contributed by atoms with E-state index in [-0.39, 0.29) is 5.57 Å². The summed E-state index contributed by atoms with van der Waals surface area (Å²) in [5.41, 5.74) is 0.128. The number of hydrogen-bond acceptors (Lipinski definition) is 3. The van der Waals surface area contributed by atoms with Crippen molar-refractivity contribution in [2.45, 2.75) is 46.5 Å². The van der Waals surface area contributed by atoms with E-state index < -0.39 is 11.9 Å². The van der Waals surface area contributed by atoms with Crippen molar-refractivity contribution in [2.24, 2.45) is 5.92 Å². The summed E-state index contributed by atoms with van der Waals surface area (Å²) >= 11 is 0. The molecule has 0 saturated carbocycles. The molecule has 1 N–H and O–H groups in total. The average Bonchev–Trinajstić information content (AvgIpc) is 2.28. The zero-order valence-electron chi connectivity index (χ0n) is 10.9. The highest BCUT2D eigenvalue weighted by atomic mass is 16.5. The zero-order chi connectivity index (χ0) is 13.3. The maximum Gasteiger partial charge on any atom is 0.333 e. The van der Waals surface area contributed by atoms with E-state index in [1.54, 1.807) is 0 Å². The van der Waals surface area contributed by atoms with Gasteiger partial charge in [-0.25, -0.2) is 9.59 Å². The highest BCUT2D eigenvalue weighted by Gasteiger charge is 2.12. The van der Waals surface area contributed by atoms with Crippen LogP contribution in [-0.4, -0.2) is 23.7 Å². The van der Waals surface area contributed by atoms with Gasteiger partial charge in [0.05, 0.1) is 6.61 Å². The fourth-order valence-corrected chi connectivity index (χ4v) is 1.45. The molecule has 0 spiro atoms. The largest absolute Gasteiger partial charge is 0.478 e. The van der Waals surface area contributed by atoms with E-state index in [2.05, 4.69) is 13.8 Å². The lowest BCUT2D eigenvalue weighted by atomic mass is 10.0. The van der Waals surface area contributed by atoms with E-state index in [1.165, 1.54) is 6.92 Å². The molecule has 0 aliphatic carbocycles. The minimum absolute atomic E-state index is 0.128. The zero-order valence-corrected chi connectivity index (χ0v) is 10.9. The summed E-state index contributed by atoms with van der Waals surface area (Å²) < 4.78 is 5.08. The van der Waals surface area contributed by atoms with Crippen LogP contribution in [0, 0.1) is 5.92 Å². The summed E-state index contributed by atoms with van der Waals surface area (Å²) in [5.74, 6) is -1.30. The Labute approximate surface area is 103 Å². The first-order valence-electron chi connectivity index (χ1n) is 6.09. The first kappa shape index (κ1) is 15.7. The maximum atomic E-state index is 11.4. The van der Waals surface area contributed by atoms with Crippen LogP contribution in [0.25, 0.3) is 0 Å². The first-order valence-corrected chi connectivity index (χ1v) is 6.09. The van der Waals surface area contributed by atoms with Crippen LogP contribution in [-0.2, 0) is 14.3 Å². The molecule has 0 amide bonds. The third-order valence-electron chi connectivity index (χ3n) is 2.66. The Morgan fingerprint density at radius 2 is 2.00 bits per heavy atom. The molecule has 0 fully saturated rings. The van der Waals surface area contributed by atoms with Gasteiger partial charge in [-0.15, -0.1) is 0 Å². The molecule has 1 unspecified atom stereocenters. The molecule has 0 bridgehead atoms. The summed E-state index contributed by atoms with van der Waals surface area (Å²) in [6.07, 6.45) is 5.13. The number of carbonyl (C=O) groups is 2. The van der Waals surface area contributed by atoms with Crippen LogP contribution in [0.5, 0.6) is 0 Å². The van der Waals surface area contributed by atoms with E-state index in [0.29, 0.717) is 12.5 Å². The molecule has 0 radical (unpaired) electrons. The van der Waals surface area contributed by atoms with Crippen LogP contribution in [0.3, 0.4) is 0 Å². The van der Waals surface area contributed by atoms with Gasteiger partial charge in [-0.3, -0.25) is 0 Å². The smallest absolute Gasteiger partial charge is 0.333 e. The highest BCUT2D eigenvalue weighted by Crippen LogP contribution is 2.13. The molecule has 0 aromatic rings. The van der Waals surface area contributed by atoms with E-state index in [0.717, 1.165) is 31.8 Å². The first-order chi connectivity index (χ1) is 8.01. The number of esters is 1. The standard InChI is InChI=1S/C13H22O4/c1-4-6-7-11(5-2)9-17-13(16)10(3)8-12(14)15/h8,11H,4-7,9H2,1-3H3,(H,14,15)/b10-8-. The van der Waals surface area contributed by atoms with Crippen LogP contribution in [0.4, 0.5) is 0 Å². The van der Waals surface area contributed by atoms with Gasteiger partial charge in [0.2, 0.25) is 0 Å². The Kier molecular flexibility index (Phi) is 8.11. The van der Waals surface area contributed by atoms with Crippen LogP contribution >= 0.6 is 0 Å². The molecule has 0 aliphatic heterocycles. The molecule has 0 rings (SSSR count). The molecule has 0 heterocycles. The topological polar surface area (TPSA) is 63.6 Å². The molecule has 1 atom stereocenters. The van der Waals surface area contributed by atoms with Gasteiger partial charge in [-0.2, -0.15) is 0 Å². The molecule has 0 aliphatic rings. The fraction of sp³-hybridized carbons (Fsp3) is 0.692. The van der Waals surface area contributed by atoms with Gasteiger partial charge in [0.25, 0.3) is 0 Å². The normalized spacial score (nSPS) is 13.2. The Morgan fingerprint density at radius 3 is 2.47 bits per heavy atom. The van der Waals surface area contributed by atoms with Gasteiger partial charge >= 0.3 is 11.9 Å². The van der Waals surface area contributed by atoms with Crippen molar-refractivity contribution in [1.82, 2.24) is 0 Å². The number of hydrogen-bond donors (Lipinski definition) is 1. The van der Waals surface area contributed by atoms with Crippen molar-refractivity contribution in [3.8, 4) is 0 Å². The summed E-state index contributed by atoms with van der Waals surface area (Å²) in [6, 6.07) is 0. The monoisotopic (exact) mass is 242 g/mol. The third kappa shape index (κ3) is 7.55. The SMILES string of the molecule is CCCCC(CC)COC(=O)/C(C)=C\C(=O)O. The van der Waals surface area contributed by atoms with Crippen molar-refractivity contribution in [1.29, 1.82) is 0 Å². The van der Waals surface area contributed by atoms with E-state index in [1.807, 2.05) is 0 Å². The maximum absolute atomic E-state index is 11.4. The van der Waals surface area contributed by atoms with Crippen LogP contribution in [0.1, 0.15) is 46.5 Å². The molecule has 4 nitrogen and oxygen atoms in total. The predicted octanol–water partition coefficient (Wildman–Crippen LogP) is 2.78. The van der Waals surface area contributed by atoms with Gasteiger partial charge in [-0.1, -0.05) is 33.1 Å². The predicted molar refractivity (Wildman–Crippen MR) is 65.7 cm³/mol. The number of carboxylic acid groups (broad SMARTS) is 1. The Balaban J connectivity index is 4.08. The number of ether oxygens (including phenoxy) is 1. The Hall–Kier alpha value is -1.32. The van der Waals surface area contributed by atoms with Gasteiger partial charge in [-0.05, 0) is 19.3 Å². The highest BCUT2D eigenvalue weighted by molar-refractivity contribution is 5.95. The minimum Gasteiger partial charge on any atom is -0.478 e. The molecule has 4 heteroatoms. The van der Waals surface area contributed by atoms with Crippen molar-refractivity contribution < 1.29 is 19.4 Å². The van der Waals surface area contributed by atoms with Crippen molar-refractivity contribution in [2.75, 3.05) is 6.61 Å². The molecule has 98 valence electrons. The quantitative estimate of drug-likeness (QED) is 0.525. The lowest BCUT2D eigenvalue weighted by Gasteiger charge is -2.14. The Morgan fingerprint density at radius 1 is 1.35 bits per heavy atom. The number of unbranched alkanes of at least 4 members (excludes halogenated alkanes) is 1. The molecular formula is C13H22O4. The van der Waals surface area contributed by atoms with Crippen LogP contribution in [0.15, 0.2) is 11.6 Å². The number of aliphatic carboxylic acids is 1. The van der Waals surface area contributed by atoms with Crippen molar-refractivity contribution >= 4 is 11.9 Å². The van der Waals surface area contributed by atoms with Crippen molar-refractivity contribution in [3.05, 3.63) is 11.6 Å². The Bertz CT molecular complexity index is 281. The molecule has 17 heavy (non-hydrogen) atoms. The third-order valence-corrected chi connectivity index (χ3v) is 2.66. The summed E-state index contributed by atoms with van der Waals surface area (Å²) in [4.78, 5) is 21.8. The van der Waals surface area contributed by atoms with E-state index >= 15 is 0 Å². The summed E-state index contributed by atoms with van der Waals surface area (Å²) in [5, 5.41) is 8.49. The molecule has 0 aromatic heterocycles. The van der Waals surface area contributed by atoms with E-state index in [4.69, 9.17) is 9.84 Å². The van der Waals surface area contributed by atoms with Crippen LogP contribution < -0.4 is 0 Å². The van der Waals surface area contributed by atoms with Gasteiger partial charge in [0.1, 0.15) is 0 Å². The molecular weight excluding hydrogens is 220 g/mol. The summed E-state index contributed by atoms with van der Waals surface area (Å²) in [6.45, 7) is 6.01. The van der Waals surface area contributed by atoms with Gasteiger partial charge in [0.15, 0.2) is 0 Å². The second-order valence-electron chi connectivity index (χ2n) is 4.18. The second-order valence-corrected chi connectivity index (χ2v) is 4.18. The lowest BCUT2D eigenvalue weighted by Crippen LogP contribution is -2.15. The number of carbonyl (C=O) groups excluding carboxylic acids is 1. The van der Waals surface area contributed by atoms with Gasteiger partial charge < -0.3 is 9.84 Å². The fourth-order valence-electron chi connectivity index (χ4n) is 1.45. The second kappa shape index (κ2) is 8.79. The summed E-state index contributed by atoms with van der Waals surface area (Å²) in [7, 11) is 0. The van der Waals surface area contributed by atoms with Crippen LogP contribution in [0.2, 0.25) is 0 Å². The lowest BCUT2D eigenvalue weighted by molar-refractivity contribution is -0.141. The molecule has 0 aromatic carbocycles. The minimum atomic E-state index is -1.13.